The number of piperidine rings is 1. The predicted octanol–water partition coefficient (Wildman–Crippen LogP) is 5.37. The molecule has 1 aromatic heterocycles. The van der Waals surface area contributed by atoms with Crippen LogP contribution < -0.4 is 14.6 Å². The minimum atomic E-state index is -3.11. The lowest BCUT2D eigenvalue weighted by Gasteiger charge is -2.33. The highest BCUT2D eigenvalue weighted by atomic mass is 32.2. The summed E-state index contributed by atoms with van der Waals surface area (Å²) in [6.45, 7) is 10.6. The van der Waals surface area contributed by atoms with E-state index in [-0.39, 0.29) is 34.0 Å². The van der Waals surface area contributed by atoms with Crippen LogP contribution in [0.1, 0.15) is 65.9 Å². The van der Waals surface area contributed by atoms with Crippen molar-refractivity contribution >= 4 is 33.6 Å². The van der Waals surface area contributed by atoms with Gasteiger partial charge in [-0.25, -0.2) is 22.6 Å². The molecular weight excluding hydrogens is 589 g/mol. The quantitative estimate of drug-likeness (QED) is 0.313. The highest BCUT2D eigenvalue weighted by molar-refractivity contribution is 7.74. The van der Waals surface area contributed by atoms with Crippen molar-refractivity contribution in [1.82, 2.24) is 14.5 Å². The number of rotatable bonds is 9. The van der Waals surface area contributed by atoms with Crippen LogP contribution in [0.2, 0.25) is 0 Å². The molecule has 11 nitrogen and oxygen atoms in total. The van der Waals surface area contributed by atoms with Gasteiger partial charge in [0.2, 0.25) is 10.9 Å². The average Bonchev–Trinajstić information content (AvgIpc) is 2.98. The van der Waals surface area contributed by atoms with Crippen LogP contribution in [0, 0.1) is 23.1 Å². The number of aromatic nitrogens is 2. The number of anilines is 1. The van der Waals surface area contributed by atoms with Crippen molar-refractivity contribution in [2.45, 2.75) is 78.5 Å². The number of fused-ring (bicyclic) bond motifs is 1. The van der Waals surface area contributed by atoms with Gasteiger partial charge in [-0.05, 0) is 89.6 Å². The van der Waals surface area contributed by atoms with Crippen molar-refractivity contribution in [3.05, 3.63) is 58.4 Å². The van der Waals surface area contributed by atoms with Gasteiger partial charge in [-0.3, -0.25) is 13.7 Å². The molecule has 4 rings (SSSR count). The largest absolute Gasteiger partial charge is 0.453 e. The molecule has 2 heterocycles. The first-order chi connectivity index (χ1) is 20.8. The van der Waals surface area contributed by atoms with Crippen LogP contribution in [0.4, 0.5) is 14.9 Å². The van der Waals surface area contributed by atoms with E-state index in [0.29, 0.717) is 37.5 Å². The Morgan fingerprint density at radius 1 is 1.23 bits per heavy atom. The Hall–Kier alpha value is -4.18. The number of halogens is 1. The molecule has 1 fully saturated rings. The number of hydrogen-bond donors (Lipinski definition) is 1. The summed E-state index contributed by atoms with van der Waals surface area (Å²) in [5.74, 6) is -0.865. The van der Waals surface area contributed by atoms with Gasteiger partial charge in [-0.2, -0.15) is 5.26 Å². The first-order valence-corrected chi connectivity index (χ1v) is 15.8. The smallest absolute Gasteiger partial charge is 0.410 e. The number of likely N-dealkylation sites (tertiary alicyclic amines) is 1. The van der Waals surface area contributed by atoms with Crippen LogP contribution in [0.15, 0.2) is 41.5 Å². The topological polar surface area (TPSA) is 135 Å². The van der Waals surface area contributed by atoms with E-state index in [1.165, 1.54) is 29.1 Å². The lowest BCUT2D eigenvalue weighted by atomic mass is 9.94. The Kier molecular flexibility index (Phi) is 10.1. The maximum absolute atomic E-state index is 15.0. The van der Waals surface area contributed by atoms with Gasteiger partial charge in [0.25, 0.3) is 5.56 Å². The van der Waals surface area contributed by atoms with E-state index in [1.807, 2.05) is 26.8 Å². The zero-order valence-corrected chi connectivity index (χ0v) is 26.5. The maximum Gasteiger partial charge on any atom is 0.410 e. The molecule has 0 aliphatic carbocycles. The molecule has 0 saturated carbocycles. The maximum atomic E-state index is 15.0. The van der Waals surface area contributed by atoms with E-state index >= 15 is 0 Å². The number of aryl methyl sites for hydroxylation is 1. The Labute approximate surface area is 257 Å². The molecule has 0 N–H and O–H groups in total. The lowest BCUT2D eigenvalue weighted by molar-refractivity contribution is 0.0179. The second-order valence-electron chi connectivity index (χ2n) is 11.9. The number of ether oxygens (including phenoxy) is 2. The van der Waals surface area contributed by atoms with Gasteiger partial charge in [0.15, 0.2) is 11.6 Å². The van der Waals surface area contributed by atoms with E-state index in [0.717, 1.165) is 29.6 Å². The highest BCUT2D eigenvalue weighted by Crippen LogP contribution is 2.36. The Balaban J connectivity index is 1.52. The first-order valence-electron chi connectivity index (χ1n) is 14.6. The number of carbonyl (C=O) groups is 1. The van der Waals surface area contributed by atoms with Crippen molar-refractivity contribution in [2.75, 3.05) is 17.4 Å². The number of amides is 1. The summed E-state index contributed by atoms with van der Waals surface area (Å²) < 4.78 is 52.9. The number of nitrogens with zero attached hydrogens (tertiary/aromatic N) is 5. The highest BCUT2D eigenvalue weighted by Gasteiger charge is 2.27. The number of carbonyl (C=O) groups excluding carboxylic acids is 1. The summed E-state index contributed by atoms with van der Waals surface area (Å²) in [6.07, 6.45) is 3.97. The molecular formula is C31H38FN5O6S. The zero-order valence-electron chi connectivity index (χ0n) is 25.6. The summed E-state index contributed by atoms with van der Waals surface area (Å²) >= 11 is 0. The first kappa shape index (κ1) is 32.7. The van der Waals surface area contributed by atoms with Gasteiger partial charge < -0.3 is 14.4 Å². The summed E-state index contributed by atoms with van der Waals surface area (Å²) in [7, 11) is -3.11. The fourth-order valence-electron chi connectivity index (χ4n) is 5.14. The third-order valence-corrected chi connectivity index (χ3v) is 8.65. The van der Waals surface area contributed by atoms with Gasteiger partial charge >= 0.3 is 6.09 Å². The number of thiol groups is 1. The molecule has 2 aromatic carbocycles. The van der Waals surface area contributed by atoms with Crippen molar-refractivity contribution in [3.63, 3.8) is 0 Å². The van der Waals surface area contributed by atoms with Crippen LogP contribution in [0.25, 0.3) is 10.9 Å². The Bertz CT molecular complexity index is 1690. The van der Waals surface area contributed by atoms with Crippen LogP contribution in [0.5, 0.6) is 11.5 Å². The van der Waals surface area contributed by atoms with Crippen LogP contribution >= 0.6 is 0 Å². The summed E-state index contributed by atoms with van der Waals surface area (Å²) in [5, 5.41) is 10.1. The van der Waals surface area contributed by atoms with Crippen molar-refractivity contribution in [3.8, 4) is 17.6 Å². The van der Waals surface area contributed by atoms with Crippen molar-refractivity contribution in [1.29, 1.82) is 5.26 Å². The normalized spacial score (nSPS) is 14.8. The molecule has 1 unspecified atom stereocenters. The third kappa shape index (κ3) is 7.48. The molecule has 0 spiro atoms. The van der Waals surface area contributed by atoms with E-state index < -0.39 is 34.1 Å². The molecule has 13 heteroatoms. The van der Waals surface area contributed by atoms with Crippen LogP contribution in [-0.4, -0.2) is 53.7 Å². The van der Waals surface area contributed by atoms with Gasteiger partial charge in [-0.1, -0.05) is 6.92 Å². The summed E-state index contributed by atoms with van der Waals surface area (Å²) in [5.41, 5.74) is -0.687. The second-order valence-corrected chi connectivity index (χ2v) is 12.9. The minimum Gasteiger partial charge on any atom is -0.453 e. The molecule has 236 valence electrons. The van der Waals surface area contributed by atoms with Gasteiger partial charge in [0.1, 0.15) is 23.0 Å². The Morgan fingerprint density at radius 2 is 1.93 bits per heavy atom. The van der Waals surface area contributed by atoms with Crippen LogP contribution in [-0.2, 0) is 22.2 Å². The molecule has 3 aromatic rings. The molecule has 0 bridgehead atoms. The van der Waals surface area contributed by atoms with Crippen molar-refractivity contribution < 1.29 is 27.1 Å². The SMILES string of the molecule is CCC(C)N(c1ccc(F)c(Oc2ccc3ncn(CCC4CCN(C(=O)OC(C)(C)C)CC4)c(=O)c3c2)c1C#N)[SH](=O)=O. The number of benzene rings is 2. The standard InChI is InChI=1S/C31H38FN5O6S/c1-6-20(2)37(44(40)41)27-10-8-25(32)28(24(27)18-33)42-22-7-9-26-23(17-22)29(38)36(19-34-26)16-13-21-11-14-35(15-12-21)30(39)43-31(3,4)5/h7-10,17,19-21,44H,6,11-16H2,1-5H3. The summed E-state index contributed by atoms with van der Waals surface area (Å²) in [6, 6.07) is 8.21. The second kappa shape index (κ2) is 13.6. The average molecular weight is 628 g/mol. The monoisotopic (exact) mass is 627 g/mol. The number of hydrogen-bond acceptors (Lipinski definition) is 8. The molecule has 0 radical (unpaired) electrons. The van der Waals surface area contributed by atoms with Crippen molar-refractivity contribution in [2.24, 2.45) is 5.92 Å². The fraction of sp³-hybridized carbons (Fsp3) is 0.484. The molecule has 1 saturated heterocycles. The van der Waals surface area contributed by atoms with Gasteiger partial charge in [0.05, 0.1) is 22.9 Å². The van der Waals surface area contributed by atoms with Gasteiger partial charge in [-0.15, -0.1) is 0 Å². The molecule has 1 atom stereocenters. The minimum absolute atomic E-state index is 0.0103. The molecule has 1 aliphatic rings. The Morgan fingerprint density at radius 3 is 2.55 bits per heavy atom. The lowest BCUT2D eigenvalue weighted by Crippen LogP contribution is -2.41. The summed E-state index contributed by atoms with van der Waals surface area (Å²) in [4.78, 5) is 31.9. The number of nitriles is 1. The molecule has 1 amide bonds. The van der Waals surface area contributed by atoms with E-state index in [9.17, 15) is 27.7 Å². The fourth-order valence-corrected chi connectivity index (χ4v) is 5.96. The zero-order chi connectivity index (χ0) is 32.2. The van der Waals surface area contributed by atoms with Crippen LogP contribution in [0.3, 0.4) is 0 Å². The molecule has 44 heavy (non-hydrogen) atoms. The van der Waals surface area contributed by atoms with E-state index in [1.54, 1.807) is 24.8 Å². The third-order valence-electron chi connectivity index (χ3n) is 7.69. The van der Waals surface area contributed by atoms with Gasteiger partial charge in [0, 0.05) is 25.7 Å². The van der Waals surface area contributed by atoms with E-state index in [4.69, 9.17) is 9.47 Å². The van der Waals surface area contributed by atoms with E-state index in [2.05, 4.69) is 4.98 Å². The molecule has 1 aliphatic heterocycles. The predicted molar refractivity (Wildman–Crippen MR) is 165 cm³/mol.